The molecule has 0 radical (unpaired) electrons. The van der Waals surface area contributed by atoms with Crippen LogP contribution in [-0.4, -0.2) is 13.2 Å². The summed E-state index contributed by atoms with van der Waals surface area (Å²) in [6.07, 6.45) is -4.38. The summed E-state index contributed by atoms with van der Waals surface area (Å²) in [4.78, 5) is 0. The van der Waals surface area contributed by atoms with E-state index in [4.69, 9.17) is 13.9 Å². The lowest BCUT2D eigenvalue weighted by Gasteiger charge is -2.19. The van der Waals surface area contributed by atoms with Gasteiger partial charge in [0.25, 0.3) is 0 Å². The highest BCUT2D eigenvalue weighted by molar-refractivity contribution is 5.59. The van der Waals surface area contributed by atoms with E-state index in [1.54, 1.807) is 18.2 Å². The van der Waals surface area contributed by atoms with E-state index in [0.29, 0.717) is 48.3 Å². The fraction of sp³-hybridized carbons (Fsp3) is 0.200. The molecule has 1 aliphatic heterocycles. The molecule has 3 aromatic rings. The number of nitrogens with one attached hydrogen (secondary N) is 1. The van der Waals surface area contributed by atoms with E-state index < -0.39 is 11.7 Å². The van der Waals surface area contributed by atoms with Gasteiger partial charge in [-0.2, -0.15) is 13.2 Å². The number of alkyl halides is 3. The molecule has 2 heterocycles. The minimum atomic E-state index is -4.38. The minimum Gasteiger partial charge on any atom is -0.486 e. The molecule has 27 heavy (non-hydrogen) atoms. The Labute approximate surface area is 153 Å². The molecule has 0 spiro atoms. The average molecular weight is 375 g/mol. The molecule has 0 fully saturated rings. The van der Waals surface area contributed by atoms with Gasteiger partial charge >= 0.3 is 6.18 Å². The largest absolute Gasteiger partial charge is 0.486 e. The van der Waals surface area contributed by atoms with Crippen LogP contribution in [0.4, 0.5) is 18.9 Å². The van der Waals surface area contributed by atoms with Gasteiger partial charge in [0.1, 0.15) is 24.7 Å². The zero-order valence-electron chi connectivity index (χ0n) is 14.2. The molecule has 0 aliphatic carbocycles. The summed E-state index contributed by atoms with van der Waals surface area (Å²) in [6, 6.07) is 14.0. The van der Waals surface area contributed by atoms with E-state index in [-0.39, 0.29) is 0 Å². The van der Waals surface area contributed by atoms with Crippen molar-refractivity contribution in [1.82, 2.24) is 0 Å². The van der Waals surface area contributed by atoms with Crippen molar-refractivity contribution >= 4 is 5.69 Å². The molecule has 1 aliphatic rings. The number of rotatable bonds is 4. The van der Waals surface area contributed by atoms with Gasteiger partial charge in [-0.15, -0.1) is 0 Å². The van der Waals surface area contributed by atoms with E-state index >= 15 is 0 Å². The summed E-state index contributed by atoms with van der Waals surface area (Å²) in [5.74, 6) is 2.38. The fourth-order valence-electron chi connectivity index (χ4n) is 2.82. The normalized spacial score (nSPS) is 13.4. The van der Waals surface area contributed by atoms with Crippen molar-refractivity contribution < 1.29 is 27.1 Å². The first-order chi connectivity index (χ1) is 13.0. The van der Waals surface area contributed by atoms with Gasteiger partial charge in [0.05, 0.1) is 12.1 Å². The zero-order valence-corrected chi connectivity index (χ0v) is 14.2. The lowest BCUT2D eigenvalue weighted by molar-refractivity contribution is -0.137. The quantitative estimate of drug-likeness (QED) is 0.668. The molecule has 0 saturated carbocycles. The Bertz CT molecular complexity index is 950. The molecule has 1 N–H and O–H groups in total. The predicted octanol–water partition coefficient (Wildman–Crippen LogP) is 5.35. The Morgan fingerprint density at radius 1 is 0.889 bits per heavy atom. The molecule has 7 heteroatoms. The second-order valence-corrected chi connectivity index (χ2v) is 6.06. The third kappa shape index (κ3) is 3.86. The molecular weight excluding hydrogens is 359 g/mol. The molecule has 4 rings (SSSR count). The van der Waals surface area contributed by atoms with Crippen molar-refractivity contribution in [2.24, 2.45) is 0 Å². The van der Waals surface area contributed by atoms with Crippen LogP contribution in [0.25, 0.3) is 11.3 Å². The lowest BCUT2D eigenvalue weighted by atomic mass is 10.1. The molecule has 4 nitrogen and oxygen atoms in total. The molecular formula is C20H16F3NO3. The number of halogens is 3. The summed E-state index contributed by atoms with van der Waals surface area (Å²) in [5, 5.41) is 3.20. The van der Waals surface area contributed by atoms with Crippen molar-refractivity contribution in [2.45, 2.75) is 12.7 Å². The Kier molecular flexibility index (Phi) is 4.43. The van der Waals surface area contributed by atoms with Gasteiger partial charge in [-0.1, -0.05) is 12.1 Å². The van der Waals surface area contributed by atoms with E-state index in [1.165, 1.54) is 6.07 Å². The third-order valence-electron chi connectivity index (χ3n) is 4.14. The number of anilines is 1. The zero-order chi connectivity index (χ0) is 18.9. The van der Waals surface area contributed by atoms with E-state index in [1.807, 2.05) is 18.2 Å². The highest BCUT2D eigenvalue weighted by atomic mass is 19.4. The summed E-state index contributed by atoms with van der Waals surface area (Å²) in [6.45, 7) is 1.43. The van der Waals surface area contributed by atoms with Crippen LogP contribution in [0, 0.1) is 0 Å². The Morgan fingerprint density at radius 2 is 1.70 bits per heavy atom. The first-order valence-electron chi connectivity index (χ1n) is 8.39. The Balaban J connectivity index is 1.46. The van der Waals surface area contributed by atoms with Crippen molar-refractivity contribution in [3.8, 4) is 22.8 Å². The second-order valence-electron chi connectivity index (χ2n) is 6.06. The number of fused-ring (bicyclic) bond motifs is 1. The predicted molar refractivity (Wildman–Crippen MR) is 93.9 cm³/mol. The molecule has 2 aromatic carbocycles. The molecule has 0 bridgehead atoms. The highest BCUT2D eigenvalue weighted by Crippen LogP contribution is 2.34. The first-order valence-corrected chi connectivity index (χ1v) is 8.39. The van der Waals surface area contributed by atoms with Crippen LogP contribution >= 0.6 is 0 Å². The standard InChI is InChI=1S/C20H16F3NO3/c21-20(22,23)14-3-1-2-13(10-14)17-7-5-16(27-17)12-24-15-4-6-18-19(11-15)26-9-8-25-18/h1-7,10-11,24H,8-9,12H2. The average Bonchev–Trinajstić information content (AvgIpc) is 3.15. The Morgan fingerprint density at radius 3 is 2.52 bits per heavy atom. The Hall–Kier alpha value is -3.09. The van der Waals surface area contributed by atoms with Crippen LogP contribution in [0.15, 0.2) is 59.0 Å². The second kappa shape index (κ2) is 6.90. The van der Waals surface area contributed by atoms with Crippen molar-refractivity contribution in [3.63, 3.8) is 0 Å². The first kappa shape index (κ1) is 17.3. The smallest absolute Gasteiger partial charge is 0.416 e. The maximum absolute atomic E-state index is 12.9. The van der Waals surface area contributed by atoms with Crippen LogP contribution in [0.5, 0.6) is 11.5 Å². The van der Waals surface area contributed by atoms with Crippen molar-refractivity contribution in [1.29, 1.82) is 0 Å². The summed E-state index contributed by atoms with van der Waals surface area (Å²) < 4.78 is 55.3. The summed E-state index contributed by atoms with van der Waals surface area (Å²) >= 11 is 0. The maximum atomic E-state index is 12.9. The van der Waals surface area contributed by atoms with Crippen LogP contribution in [0.1, 0.15) is 11.3 Å². The maximum Gasteiger partial charge on any atom is 0.416 e. The third-order valence-corrected chi connectivity index (χ3v) is 4.14. The van der Waals surface area contributed by atoms with Crippen LogP contribution in [0.3, 0.4) is 0 Å². The molecule has 0 amide bonds. The van der Waals surface area contributed by atoms with Gasteiger partial charge in [-0.05, 0) is 36.4 Å². The lowest BCUT2D eigenvalue weighted by Crippen LogP contribution is -2.15. The van der Waals surface area contributed by atoms with E-state index in [2.05, 4.69) is 5.32 Å². The molecule has 0 atom stereocenters. The van der Waals surface area contributed by atoms with E-state index in [9.17, 15) is 13.2 Å². The van der Waals surface area contributed by atoms with Gasteiger partial charge in [-0.3, -0.25) is 0 Å². The number of benzene rings is 2. The van der Waals surface area contributed by atoms with Crippen molar-refractivity contribution in [2.75, 3.05) is 18.5 Å². The SMILES string of the molecule is FC(F)(F)c1cccc(-c2ccc(CNc3ccc4c(c3)OCCO4)o2)c1. The fourth-order valence-corrected chi connectivity index (χ4v) is 2.82. The monoisotopic (exact) mass is 375 g/mol. The molecule has 0 saturated heterocycles. The topological polar surface area (TPSA) is 43.6 Å². The van der Waals surface area contributed by atoms with Crippen LogP contribution in [0.2, 0.25) is 0 Å². The number of hydrogen-bond acceptors (Lipinski definition) is 4. The van der Waals surface area contributed by atoms with E-state index in [0.717, 1.165) is 17.8 Å². The van der Waals surface area contributed by atoms with Gasteiger partial charge in [-0.25, -0.2) is 0 Å². The summed E-state index contributed by atoms with van der Waals surface area (Å²) in [5.41, 5.74) is 0.513. The molecule has 0 unspecified atom stereocenters. The molecule has 1 aromatic heterocycles. The number of furan rings is 1. The van der Waals surface area contributed by atoms with Gasteiger partial charge in [0.2, 0.25) is 0 Å². The molecule has 140 valence electrons. The van der Waals surface area contributed by atoms with Crippen LogP contribution in [-0.2, 0) is 12.7 Å². The summed E-state index contributed by atoms with van der Waals surface area (Å²) in [7, 11) is 0. The van der Waals surface area contributed by atoms with Gasteiger partial charge in [0.15, 0.2) is 11.5 Å². The minimum absolute atomic E-state index is 0.385. The van der Waals surface area contributed by atoms with Gasteiger partial charge in [0, 0.05) is 17.3 Å². The van der Waals surface area contributed by atoms with Crippen LogP contribution < -0.4 is 14.8 Å². The van der Waals surface area contributed by atoms with Gasteiger partial charge < -0.3 is 19.2 Å². The highest BCUT2D eigenvalue weighted by Gasteiger charge is 2.30. The number of hydrogen-bond donors (Lipinski definition) is 1. The van der Waals surface area contributed by atoms with Crippen molar-refractivity contribution in [3.05, 3.63) is 65.9 Å². The number of ether oxygens (including phenoxy) is 2.